The summed E-state index contributed by atoms with van der Waals surface area (Å²) in [4.78, 5) is 35.8. The molecular weight excluding hydrogens is 723 g/mol. The average Bonchev–Trinajstić information content (AvgIpc) is 2.92. The van der Waals surface area contributed by atoms with Crippen molar-refractivity contribution in [1.29, 1.82) is 0 Å². The predicted octanol–water partition coefficient (Wildman–Crippen LogP) is 6.53. The van der Waals surface area contributed by atoms with Crippen molar-refractivity contribution in [2.45, 2.75) is 80.9 Å². The highest BCUT2D eigenvalue weighted by Crippen LogP contribution is 2.64. The zero-order valence-electron chi connectivity index (χ0n) is 24.1. The second-order valence-electron chi connectivity index (χ2n) is 10.3. The second-order valence-corrected chi connectivity index (χ2v) is 10.3. The van der Waals surface area contributed by atoms with Crippen LogP contribution in [0, 0.1) is 5.41 Å². The lowest BCUT2D eigenvalue weighted by Gasteiger charge is -2.43. The lowest BCUT2D eigenvalue weighted by atomic mass is 9.87. The number of halogens is 17. The molecule has 0 aliphatic heterocycles. The van der Waals surface area contributed by atoms with Gasteiger partial charge in [0.1, 0.15) is 24.7 Å². The van der Waals surface area contributed by atoms with Crippen LogP contribution in [0.2, 0.25) is 0 Å². The third-order valence-corrected chi connectivity index (χ3v) is 6.01. The Balaban J connectivity index is 6.87. The maximum Gasteiger partial charge on any atom is 0.460 e. The molecule has 0 aliphatic carbocycles. The number of rotatable bonds is 17. The molecule has 7 nitrogen and oxygen atoms in total. The van der Waals surface area contributed by atoms with E-state index in [9.17, 15) is 94.1 Å². The van der Waals surface area contributed by atoms with E-state index >= 15 is 0 Å². The van der Waals surface area contributed by atoms with E-state index in [1.54, 1.807) is 0 Å². The van der Waals surface area contributed by atoms with Crippen molar-refractivity contribution in [3.63, 3.8) is 0 Å². The van der Waals surface area contributed by atoms with Crippen LogP contribution in [0.5, 0.6) is 0 Å². The van der Waals surface area contributed by atoms with Crippen LogP contribution in [-0.2, 0) is 28.6 Å². The molecule has 0 radical (unpaired) electrons. The number of aliphatic hydroxyl groups excluding tert-OH is 1. The van der Waals surface area contributed by atoms with Gasteiger partial charge < -0.3 is 19.3 Å². The smallest absolute Gasteiger partial charge is 0.460 e. The first kappa shape index (κ1) is 44.7. The number of esters is 3. The molecule has 0 amide bonds. The number of alkyl halides is 17. The highest BCUT2D eigenvalue weighted by atomic mass is 19.4. The Hall–Kier alpha value is -3.34. The molecule has 0 rings (SSSR count). The minimum Gasteiger partial charge on any atom is -0.461 e. The van der Waals surface area contributed by atoms with Crippen LogP contribution >= 0.6 is 0 Å². The molecular formula is C24H23F17O7. The van der Waals surface area contributed by atoms with E-state index in [4.69, 9.17) is 0 Å². The molecule has 2 unspecified atom stereocenters. The van der Waals surface area contributed by atoms with E-state index < -0.39 is 109 Å². The van der Waals surface area contributed by atoms with Crippen LogP contribution in [0.4, 0.5) is 74.6 Å². The molecule has 0 bridgehead atoms. The molecule has 0 aromatic heterocycles. The molecule has 280 valence electrons. The molecule has 0 aliphatic rings. The van der Waals surface area contributed by atoms with Gasteiger partial charge in [0.15, 0.2) is 0 Å². The molecule has 0 aromatic rings. The molecule has 24 heteroatoms. The number of carbonyl (C=O) groups excluding carboxylic acids is 3. The van der Waals surface area contributed by atoms with Gasteiger partial charge in [0, 0.05) is 11.1 Å². The van der Waals surface area contributed by atoms with Crippen LogP contribution in [-0.4, -0.2) is 96.6 Å². The summed E-state index contributed by atoms with van der Waals surface area (Å²) in [6.45, 7) is 4.01. The fourth-order valence-corrected chi connectivity index (χ4v) is 2.85. The molecule has 1 N–H and O–H groups in total. The van der Waals surface area contributed by atoms with Crippen molar-refractivity contribution < 1.29 is 108 Å². The highest BCUT2D eigenvalue weighted by molar-refractivity contribution is 5.87. The highest BCUT2D eigenvalue weighted by Gasteiger charge is 2.95. The lowest BCUT2D eigenvalue weighted by Crippen LogP contribution is -2.74. The summed E-state index contributed by atoms with van der Waals surface area (Å²) in [5.41, 5.74) is -3.53. The summed E-state index contributed by atoms with van der Waals surface area (Å²) in [5, 5.41) is 9.50. The predicted molar refractivity (Wildman–Crippen MR) is 122 cm³/mol. The number of hydrogen-bond donors (Lipinski definition) is 1. The van der Waals surface area contributed by atoms with Crippen LogP contribution in [0.3, 0.4) is 0 Å². The van der Waals surface area contributed by atoms with Crippen molar-refractivity contribution in [2.24, 2.45) is 5.41 Å². The maximum atomic E-state index is 14.6. The summed E-state index contributed by atoms with van der Waals surface area (Å²) in [5.74, 6) is -63.4. The summed E-state index contributed by atoms with van der Waals surface area (Å²) in [7, 11) is 0. The molecule has 0 heterocycles. The zero-order valence-corrected chi connectivity index (χ0v) is 24.1. The summed E-state index contributed by atoms with van der Waals surface area (Å²) < 4.78 is 245. The van der Waals surface area contributed by atoms with Gasteiger partial charge in [-0.2, -0.15) is 74.6 Å². The normalized spacial score (nSPS) is 16.0. The standard InChI is InChI=1S/C24H23F17O7/c1-10(2)13(43)46-7-12(48-15(45)16(5,8-42)9-47-14(44)11(3)4)6-17(25,26)18(27,28)19(29,30)20(31,32)21(33,34)22(35,36)23(37,38)24(39,40)41/h12,42H,1,3,6-9H2,2,4-5H3. The van der Waals surface area contributed by atoms with E-state index in [1.165, 1.54) is 0 Å². The summed E-state index contributed by atoms with van der Waals surface area (Å²) in [6, 6.07) is 0. The van der Waals surface area contributed by atoms with E-state index in [1.807, 2.05) is 0 Å². The lowest BCUT2D eigenvalue weighted by molar-refractivity contribution is -0.462. The quantitative estimate of drug-likeness (QED) is 0.0783. The fraction of sp³-hybridized carbons (Fsp3) is 0.708. The van der Waals surface area contributed by atoms with Crippen molar-refractivity contribution in [3.05, 3.63) is 24.3 Å². The van der Waals surface area contributed by atoms with Crippen molar-refractivity contribution in [1.82, 2.24) is 0 Å². The first-order valence-corrected chi connectivity index (χ1v) is 12.2. The number of hydrogen-bond acceptors (Lipinski definition) is 7. The molecule has 0 saturated heterocycles. The first-order chi connectivity index (χ1) is 21.0. The van der Waals surface area contributed by atoms with E-state index in [0.717, 1.165) is 13.8 Å². The summed E-state index contributed by atoms with van der Waals surface area (Å²) in [6.07, 6.45) is -14.5. The van der Waals surface area contributed by atoms with E-state index in [-0.39, 0.29) is 5.57 Å². The summed E-state index contributed by atoms with van der Waals surface area (Å²) >= 11 is 0. The molecule has 0 spiro atoms. The Bertz CT molecular complexity index is 1240. The Morgan fingerprint density at radius 3 is 1.33 bits per heavy atom. The van der Waals surface area contributed by atoms with E-state index in [2.05, 4.69) is 27.4 Å². The van der Waals surface area contributed by atoms with Gasteiger partial charge in [-0.15, -0.1) is 0 Å². The van der Waals surface area contributed by atoms with Crippen molar-refractivity contribution in [2.75, 3.05) is 19.8 Å². The van der Waals surface area contributed by atoms with Crippen molar-refractivity contribution >= 4 is 17.9 Å². The third-order valence-electron chi connectivity index (χ3n) is 6.01. The van der Waals surface area contributed by atoms with Gasteiger partial charge in [0.25, 0.3) is 0 Å². The van der Waals surface area contributed by atoms with Gasteiger partial charge in [-0.25, -0.2) is 9.59 Å². The minimum absolute atomic E-state index is 0.335. The van der Waals surface area contributed by atoms with Crippen molar-refractivity contribution in [3.8, 4) is 0 Å². The van der Waals surface area contributed by atoms with Gasteiger partial charge >= 0.3 is 65.5 Å². The van der Waals surface area contributed by atoms with Gasteiger partial charge in [0.2, 0.25) is 0 Å². The third kappa shape index (κ3) is 7.92. The largest absolute Gasteiger partial charge is 0.461 e. The minimum atomic E-state index is -8.85. The van der Waals surface area contributed by atoms with E-state index in [0.29, 0.717) is 6.92 Å². The first-order valence-electron chi connectivity index (χ1n) is 12.2. The van der Waals surface area contributed by atoms with Gasteiger partial charge in [0.05, 0.1) is 13.0 Å². The van der Waals surface area contributed by atoms with Crippen LogP contribution in [0.1, 0.15) is 27.2 Å². The molecule has 0 fully saturated rings. The topological polar surface area (TPSA) is 99.1 Å². The SMILES string of the molecule is C=C(C)C(=O)OCC(CC(F)(F)C(F)(F)C(F)(F)C(F)(F)C(F)(F)C(F)(F)C(F)(F)C(F)(F)F)OC(=O)C(C)(CO)COC(=O)C(=C)C. The van der Waals surface area contributed by atoms with Crippen LogP contribution in [0.15, 0.2) is 24.3 Å². The number of aliphatic hydroxyl groups is 1. The fourth-order valence-electron chi connectivity index (χ4n) is 2.85. The molecule has 0 aromatic carbocycles. The monoisotopic (exact) mass is 746 g/mol. The number of carbonyl (C=O) groups is 3. The van der Waals surface area contributed by atoms with Gasteiger partial charge in [-0.05, 0) is 20.8 Å². The van der Waals surface area contributed by atoms with Crippen LogP contribution < -0.4 is 0 Å². The Kier molecular flexibility index (Phi) is 12.9. The van der Waals surface area contributed by atoms with Gasteiger partial charge in [-0.3, -0.25) is 4.79 Å². The maximum absolute atomic E-state index is 14.6. The Labute approximate surface area is 257 Å². The molecule has 48 heavy (non-hydrogen) atoms. The number of ether oxygens (including phenoxy) is 3. The second kappa shape index (κ2) is 13.9. The zero-order chi connectivity index (χ0) is 38.9. The molecule has 2 atom stereocenters. The van der Waals surface area contributed by atoms with Crippen LogP contribution in [0.25, 0.3) is 0 Å². The Morgan fingerprint density at radius 1 is 0.625 bits per heavy atom. The Morgan fingerprint density at radius 2 is 0.979 bits per heavy atom. The molecule has 0 saturated carbocycles. The average molecular weight is 746 g/mol. The van der Waals surface area contributed by atoms with Gasteiger partial charge in [-0.1, -0.05) is 13.2 Å².